The number of rotatable bonds is 17. The fraction of sp³-hybridized carbons (Fsp3) is 0.387. The predicted octanol–water partition coefficient (Wildman–Crippen LogP) is 3.35. The standard InChI is InChI=1S/C31H41N7O3/c1-3-4-7-16-32-18-20-37(22-27-10-5-8-17-33-27)23-28-24-38(35-34-28)29-14-12-26(13-15-29)21-31(41)36(2)19-9-6-11-30(40)25-39/h3-5,7-8,10,12-18,24,30,39-40H,6,9,11,19-23,25H2,1-2H3/b4-3-,16-7-,32-18?. The van der Waals surface area contributed by atoms with Crippen molar-refractivity contribution in [3.63, 3.8) is 0 Å². The molecule has 0 saturated carbocycles. The Kier molecular flexibility index (Phi) is 13.6. The van der Waals surface area contributed by atoms with Gasteiger partial charge in [0.05, 0.1) is 42.4 Å². The largest absolute Gasteiger partial charge is 0.394 e. The van der Waals surface area contributed by atoms with Gasteiger partial charge in [-0.15, -0.1) is 5.10 Å². The Morgan fingerprint density at radius 3 is 2.63 bits per heavy atom. The average molecular weight is 560 g/mol. The molecule has 0 aliphatic carbocycles. The van der Waals surface area contributed by atoms with Crippen LogP contribution in [0.1, 0.15) is 43.1 Å². The fourth-order valence-corrected chi connectivity index (χ4v) is 4.09. The number of aliphatic imine (C=N–C) groups is 1. The molecule has 2 heterocycles. The first-order valence-electron chi connectivity index (χ1n) is 13.9. The summed E-state index contributed by atoms with van der Waals surface area (Å²) in [6, 6.07) is 13.6. The van der Waals surface area contributed by atoms with Crippen molar-refractivity contribution in [3.8, 4) is 5.69 Å². The summed E-state index contributed by atoms with van der Waals surface area (Å²) in [4.78, 5) is 25.3. The molecule has 10 nitrogen and oxygen atoms in total. The van der Waals surface area contributed by atoms with Crippen LogP contribution in [0.25, 0.3) is 5.69 Å². The Hall–Kier alpha value is -3.99. The molecule has 0 saturated heterocycles. The smallest absolute Gasteiger partial charge is 0.226 e. The highest BCUT2D eigenvalue weighted by atomic mass is 16.3. The number of carbonyl (C=O) groups is 1. The van der Waals surface area contributed by atoms with E-state index in [9.17, 15) is 9.90 Å². The fourth-order valence-electron chi connectivity index (χ4n) is 4.09. The van der Waals surface area contributed by atoms with E-state index in [1.165, 1.54) is 0 Å². The van der Waals surface area contributed by atoms with Crippen molar-refractivity contribution in [1.82, 2.24) is 29.8 Å². The third kappa shape index (κ3) is 11.6. The number of carbonyl (C=O) groups excluding carboxylic acids is 1. The van der Waals surface area contributed by atoms with Crippen molar-refractivity contribution in [2.24, 2.45) is 4.99 Å². The third-order valence-corrected chi connectivity index (χ3v) is 6.43. The van der Waals surface area contributed by atoms with E-state index in [-0.39, 0.29) is 12.5 Å². The number of aromatic nitrogens is 4. The first-order valence-corrected chi connectivity index (χ1v) is 13.9. The molecule has 41 heavy (non-hydrogen) atoms. The summed E-state index contributed by atoms with van der Waals surface area (Å²) in [5.74, 6) is 0.0392. The number of hydrogen-bond acceptors (Lipinski definition) is 8. The number of benzene rings is 1. The van der Waals surface area contributed by atoms with Crippen molar-refractivity contribution in [3.05, 3.63) is 96.2 Å². The van der Waals surface area contributed by atoms with Gasteiger partial charge in [0.15, 0.2) is 0 Å². The van der Waals surface area contributed by atoms with Gasteiger partial charge in [0.1, 0.15) is 0 Å². The number of aliphatic hydroxyl groups is 2. The Morgan fingerprint density at radius 1 is 1.10 bits per heavy atom. The van der Waals surface area contributed by atoms with Gasteiger partial charge in [-0.05, 0) is 62.1 Å². The molecule has 3 rings (SSSR count). The highest BCUT2D eigenvalue weighted by Crippen LogP contribution is 2.13. The van der Waals surface area contributed by atoms with Crippen LogP contribution in [-0.4, -0.2) is 85.0 Å². The maximum Gasteiger partial charge on any atom is 0.226 e. The number of hydrogen-bond donors (Lipinski definition) is 2. The molecular formula is C31H41N7O3. The van der Waals surface area contributed by atoms with Crippen molar-refractivity contribution in [1.29, 1.82) is 0 Å². The van der Waals surface area contributed by atoms with E-state index < -0.39 is 6.10 Å². The van der Waals surface area contributed by atoms with Crippen molar-refractivity contribution in [2.75, 3.05) is 26.7 Å². The van der Waals surface area contributed by atoms with Crippen LogP contribution in [0, 0.1) is 0 Å². The van der Waals surface area contributed by atoms with Gasteiger partial charge in [0.25, 0.3) is 0 Å². The Morgan fingerprint density at radius 2 is 1.90 bits per heavy atom. The SMILES string of the molecule is C/C=C\C=C/N=CCN(Cc1ccccn1)Cc1cn(-c2ccc(CC(=O)N(C)CCCCC(O)CO)cc2)nn1. The van der Waals surface area contributed by atoms with Crippen LogP contribution >= 0.6 is 0 Å². The minimum atomic E-state index is -0.684. The predicted molar refractivity (Wildman–Crippen MR) is 160 cm³/mol. The monoisotopic (exact) mass is 559 g/mol. The highest BCUT2D eigenvalue weighted by molar-refractivity contribution is 5.78. The zero-order valence-corrected chi connectivity index (χ0v) is 24.0. The van der Waals surface area contributed by atoms with Gasteiger partial charge in [-0.1, -0.05) is 35.6 Å². The molecule has 0 radical (unpaired) electrons. The van der Waals surface area contributed by atoms with E-state index in [2.05, 4.69) is 25.2 Å². The minimum absolute atomic E-state index is 0.0392. The lowest BCUT2D eigenvalue weighted by atomic mass is 10.1. The second-order valence-corrected chi connectivity index (χ2v) is 9.83. The van der Waals surface area contributed by atoms with Crippen LogP contribution in [0.4, 0.5) is 0 Å². The number of nitrogens with zero attached hydrogens (tertiary/aromatic N) is 7. The van der Waals surface area contributed by atoms with E-state index in [0.29, 0.717) is 39.0 Å². The second kappa shape index (κ2) is 17.6. The minimum Gasteiger partial charge on any atom is -0.394 e. The summed E-state index contributed by atoms with van der Waals surface area (Å²) < 4.78 is 1.74. The van der Waals surface area contributed by atoms with Crippen molar-refractivity contribution < 1.29 is 15.0 Å². The van der Waals surface area contributed by atoms with Crippen LogP contribution in [0.5, 0.6) is 0 Å². The number of likely N-dealkylation sites (N-methyl/N-ethyl adjacent to an activating group) is 1. The van der Waals surface area contributed by atoms with Gasteiger partial charge < -0.3 is 15.1 Å². The lowest BCUT2D eigenvalue weighted by molar-refractivity contribution is -0.129. The second-order valence-electron chi connectivity index (χ2n) is 9.83. The third-order valence-electron chi connectivity index (χ3n) is 6.43. The summed E-state index contributed by atoms with van der Waals surface area (Å²) >= 11 is 0. The molecule has 218 valence electrons. The van der Waals surface area contributed by atoms with E-state index in [1.54, 1.807) is 29.0 Å². The summed E-state index contributed by atoms with van der Waals surface area (Å²) in [6.07, 6.45) is 14.8. The van der Waals surface area contributed by atoms with Crippen LogP contribution < -0.4 is 0 Å². The summed E-state index contributed by atoms with van der Waals surface area (Å²) in [5, 5.41) is 27.0. The molecule has 0 spiro atoms. The Labute approximate surface area is 242 Å². The van der Waals surface area contributed by atoms with Gasteiger partial charge >= 0.3 is 0 Å². The van der Waals surface area contributed by atoms with Crippen molar-refractivity contribution in [2.45, 2.75) is 51.8 Å². The van der Waals surface area contributed by atoms with Gasteiger partial charge in [-0.2, -0.15) is 0 Å². The zero-order valence-electron chi connectivity index (χ0n) is 24.0. The number of pyridine rings is 1. The van der Waals surface area contributed by atoms with Gasteiger partial charge in [0, 0.05) is 51.8 Å². The number of amides is 1. The molecule has 2 aromatic heterocycles. The molecule has 10 heteroatoms. The maximum atomic E-state index is 12.6. The van der Waals surface area contributed by atoms with Gasteiger partial charge in [-0.25, -0.2) is 4.68 Å². The number of unbranched alkanes of at least 4 members (excludes halogenated alkanes) is 1. The molecule has 1 unspecified atom stereocenters. The van der Waals surface area contributed by atoms with Crippen LogP contribution in [0.3, 0.4) is 0 Å². The van der Waals surface area contributed by atoms with E-state index in [4.69, 9.17) is 5.11 Å². The summed E-state index contributed by atoms with van der Waals surface area (Å²) in [6.45, 7) is 4.22. The normalized spacial score (nSPS) is 12.7. The number of aliphatic hydroxyl groups excluding tert-OH is 2. The first kappa shape index (κ1) is 31.5. The van der Waals surface area contributed by atoms with E-state index in [1.807, 2.05) is 80.0 Å². The van der Waals surface area contributed by atoms with E-state index in [0.717, 1.165) is 35.5 Å². The molecule has 1 atom stereocenters. The molecule has 2 N–H and O–H groups in total. The lowest BCUT2D eigenvalue weighted by Crippen LogP contribution is -2.29. The molecule has 1 amide bonds. The Bertz CT molecular complexity index is 1260. The lowest BCUT2D eigenvalue weighted by Gasteiger charge is -2.18. The molecule has 3 aromatic rings. The first-order chi connectivity index (χ1) is 20.0. The maximum absolute atomic E-state index is 12.6. The molecular weight excluding hydrogens is 518 g/mol. The average Bonchev–Trinajstić information content (AvgIpc) is 3.46. The summed E-state index contributed by atoms with van der Waals surface area (Å²) in [7, 11) is 1.79. The van der Waals surface area contributed by atoms with Gasteiger partial charge in [-0.3, -0.25) is 19.7 Å². The van der Waals surface area contributed by atoms with Gasteiger partial charge in [0.2, 0.25) is 5.91 Å². The zero-order chi connectivity index (χ0) is 29.3. The molecule has 1 aromatic carbocycles. The van der Waals surface area contributed by atoms with Crippen molar-refractivity contribution >= 4 is 12.1 Å². The molecule has 0 aliphatic rings. The van der Waals surface area contributed by atoms with Crippen LogP contribution in [0.15, 0.2) is 84.3 Å². The molecule has 0 fully saturated rings. The van der Waals surface area contributed by atoms with Crippen LogP contribution in [0.2, 0.25) is 0 Å². The van der Waals surface area contributed by atoms with Crippen LogP contribution in [-0.2, 0) is 24.3 Å². The molecule has 0 aliphatic heterocycles. The highest BCUT2D eigenvalue weighted by Gasteiger charge is 2.13. The summed E-state index contributed by atoms with van der Waals surface area (Å²) in [5.41, 5.74) is 3.58. The Balaban J connectivity index is 1.56. The topological polar surface area (TPSA) is 120 Å². The molecule has 0 bridgehead atoms. The number of allylic oxidation sites excluding steroid dienone is 3. The van der Waals surface area contributed by atoms with E-state index >= 15 is 0 Å². The quantitative estimate of drug-likeness (QED) is 0.148.